The molecule has 0 bridgehead atoms. The van der Waals surface area contributed by atoms with Crippen LogP contribution in [0, 0.1) is 6.92 Å². The Kier molecular flexibility index (Phi) is 12.6. The number of carbonyl (C=O) groups excluding carboxylic acids is 5. The van der Waals surface area contributed by atoms with Crippen molar-refractivity contribution in [2.24, 2.45) is 0 Å². The van der Waals surface area contributed by atoms with E-state index in [2.05, 4.69) is 21.3 Å². The lowest BCUT2D eigenvalue weighted by molar-refractivity contribution is -0.115. The van der Waals surface area contributed by atoms with Gasteiger partial charge in [0, 0.05) is 26.7 Å². The fraction of sp³-hybridized carbons (Fsp3) is 0.132. The summed E-state index contributed by atoms with van der Waals surface area (Å²) >= 11 is 3.66. The number of thiophene rings is 2. The van der Waals surface area contributed by atoms with E-state index in [1.165, 1.54) is 23.1 Å². The van der Waals surface area contributed by atoms with Gasteiger partial charge in [0.1, 0.15) is 10.7 Å². The van der Waals surface area contributed by atoms with Crippen LogP contribution >= 0.6 is 34.4 Å². The zero-order chi connectivity index (χ0) is 36.3. The molecule has 0 saturated heterocycles. The van der Waals surface area contributed by atoms with Crippen LogP contribution in [-0.2, 0) is 14.3 Å². The van der Waals surface area contributed by atoms with Crippen LogP contribution in [0.25, 0.3) is 6.08 Å². The molecule has 2 aromatic heterocycles. The molecule has 3 aromatic carbocycles. The first-order chi connectivity index (χ1) is 24.6. The SMILES string of the molecule is CCOC(=O)c1c(NC(=O)C(C)Sc2cccc(NC(=O)/C(=C/c3cccs3)NC(=O)c3ccccc3)c2)sc(C(=O)Nc2ccccc2)c1C. The molecule has 1 unspecified atom stereocenters. The highest BCUT2D eigenvalue weighted by atomic mass is 32.2. The molecule has 5 rings (SSSR count). The van der Waals surface area contributed by atoms with Crippen molar-refractivity contribution in [2.45, 2.75) is 30.9 Å². The zero-order valence-electron chi connectivity index (χ0n) is 27.9. The Morgan fingerprint density at radius 3 is 2.22 bits per heavy atom. The molecule has 4 amide bonds. The molecule has 1 atom stereocenters. The summed E-state index contributed by atoms with van der Waals surface area (Å²) in [5, 5.41) is 12.7. The molecule has 2 heterocycles. The van der Waals surface area contributed by atoms with E-state index in [1.807, 2.05) is 23.6 Å². The summed E-state index contributed by atoms with van der Waals surface area (Å²) in [5.41, 5.74) is 2.05. The molecule has 0 aliphatic carbocycles. The van der Waals surface area contributed by atoms with E-state index >= 15 is 0 Å². The maximum atomic E-state index is 13.5. The first kappa shape index (κ1) is 36.8. The Morgan fingerprint density at radius 2 is 1.53 bits per heavy atom. The number of rotatable bonds is 13. The number of nitrogens with one attached hydrogen (secondary N) is 4. The van der Waals surface area contributed by atoms with Crippen LogP contribution in [0.3, 0.4) is 0 Å². The topological polar surface area (TPSA) is 143 Å². The number of carbonyl (C=O) groups is 5. The van der Waals surface area contributed by atoms with Gasteiger partial charge in [-0.05, 0) is 86.3 Å². The molecule has 0 saturated carbocycles. The molecular formula is C38H34N4O6S3. The third-order valence-electron chi connectivity index (χ3n) is 7.23. The summed E-state index contributed by atoms with van der Waals surface area (Å²) < 4.78 is 5.25. The number of thioether (sulfide) groups is 1. The van der Waals surface area contributed by atoms with Gasteiger partial charge in [-0.2, -0.15) is 0 Å². The van der Waals surface area contributed by atoms with Crippen LogP contribution < -0.4 is 21.3 Å². The molecular weight excluding hydrogens is 705 g/mol. The number of hydrogen-bond donors (Lipinski definition) is 4. The Balaban J connectivity index is 1.29. The van der Waals surface area contributed by atoms with Gasteiger partial charge in [-0.25, -0.2) is 4.79 Å². The molecule has 10 nitrogen and oxygen atoms in total. The number of hydrogen-bond acceptors (Lipinski definition) is 9. The summed E-state index contributed by atoms with van der Waals surface area (Å²) in [7, 11) is 0. The van der Waals surface area contributed by atoms with E-state index in [-0.39, 0.29) is 27.7 Å². The molecule has 13 heteroatoms. The largest absolute Gasteiger partial charge is 0.462 e. The average molecular weight is 739 g/mol. The van der Waals surface area contributed by atoms with E-state index in [1.54, 1.807) is 106 Å². The van der Waals surface area contributed by atoms with Gasteiger partial charge in [0.05, 0.1) is 22.3 Å². The predicted octanol–water partition coefficient (Wildman–Crippen LogP) is 8.08. The predicted molar refractivity (Wildman–Crippen MR) is 205 cm³/mol. The number of benzene rings is 3. The minimum absolute atomic E-state index is 0.0672. The molecule has 0 aliphatic rings. The second-order valence-electron chi connectivity index (χ2n) is 10.9. The van der Waals surface area contributed by atoms with Crippen molar-refractivity contribution in [1.82, 2.24) is 5.32 Å². The van der Waals surface area contributed by atoms with Crippen LogP contribution in [0.5, 0.6) is 0 Å². The van der Waals surface area contributed by atoms with Crippen molar-refractivity contribution in [1.29, 1.82) is 0 Å². The lowest BCUT2D eigenvalue weighted by atomic mass is 10.1. The van der Waals surface area contributed by atoms with Crippen molar-refractivity contribution in [3.63, 3.8) is 0 Å². The maximum Gasteiger partial charge on any atom is 0.341 e. The number of esters is 1. The highest BCUT2D eigenvalue weighted by Gasteiger charge is 2.28. The van der Waals surface area contributed by atoms with Gasteiger partial charge in [0.25, 0.3) is 17.7 Å². The van der Waals surface area contributed by atoms with Crippen molar-refractivity contribution >= 4 is 86.5 Å². The van der Waals surface area contributed by atoms with Gasteiger partial charge in [0.15, 0.2) is 0 Å². The number of para-hydroxylation sites is 1. The van der Waals surface area contributed by atoms with Gasteiger partial charge in [-0.15, -0.1) is 34.4 Å². The fourth-order valence-corrected chi connectivity index (χ4v) is 7.43. The van der Waals surface area contributed by atoms with Crippen LogP contribution in [0.1, 0.15) is 54.7 Å². The minimum atomic E-state index is -0.644. The van der Waals surface area contributed by atoms with Crippen LogP contribution in [0.2, 0.25) is 0 Å². The standard InChI is InChI=1S/C38H34N4O6S3/c1-4-48-38(47)31-23(2)32(36(46)39-26-15-9-6-10-16-26)51-37(31)42-33(43)24(3)50-29-18-11-17-27(21-29)40-35(45)30(22-28-19-12-20-49-28)41-34(44)25-13-7-5-8-14-25/h5-22,24H,4H2,1-3H3,(H,39,46)(H,40,45)(H,41,44)(H,42,43)/b30-22-. The van der Waals surface area contributed by atoms with Crippen LogP contribution in [-0.4, -0.2) is 41.5 Å². The third kappa shape index (κ3) is 9.81. The first-order valence-corrected chi connectivity index (χ1v) is 18.4. The molecule has 0 fully saturated rings. The van der Waals surface area contributed by atoms with Gasteiger partial charge in [0.2, 0.25) is 5.91 Å². The Hall–Kier alpha value is -5.50. The molecule has 0 spiro atoms. The van der Waals surface area contributed by atoms with Crippen molar-refractivity contribution in [3.05, 3.63) is 135 Å². The molecule has 5 aromatic rings. The van der Waals surface area contributed by atoms with Crippen molar-refractivity contribution in [3.8, 4) is 0 Å². The minimum Gasteiger partial charge on any atom is -0.462 e. The second kappa shape index (κ2) is 17.4. The zero-order valence-corrected chi connectivity index (χ0v) is 30.3. The monoisotopic (exact) mass is 738 g/mol. The molecule has 4 N–H and O–H groups in total. The normalized spacial score (nSPS) is 11.6. The molecule has 0 aliphatic heterocycles. The lowest BCUT2D eigenvalue weighted by Gasteiger charge is -2.14. The van der Waals surface area contributed by atoms with Gasteiger partial charge in [-0.1, -0.05) is 48.5 Å². The van der Waals surface area contributed by atoms with E-state index in [0.29, 0.717) is 27.4 Å². The Bertz CT molecular complexity index is 2060. The summed E-state index contributed by atoms with van der Waals surface area (Å²) in [4.78, 5) is 67.7. The fourth-order valence-electron chi connectivity index (χ4n) is 4.75. The van der Waals surface area contributed by atoms with Crippen LogP contribution in [0.4, 0.5) is 16.4 Å². The third-order valence-corrected chi connectivity index (χ3v) is 10.4. The van der Waals surface area contributed by atoms with E-state index < -0.39 is 34.8 Å². The molecule has 0 radical (unpaired) electrons. The summed E-state index contributed by atoms with van der Waals surface area (Å²) in [5.74, 6) is -2.40. The van der Waals surface area contributed by atoms with E-state index in [0.717, 1.165) is 16.2 Å². The molecule has 51 heavy (non-hydrogen) atoms. The molecule has 260 valence electrons. The van der Waals surface area contributed by atoms with E-state index in [4.69, 9.17) is 4.74 Å². The Morgan fingerprint density at radius 1 is 0.824 bits per heavy atom. The summed E-state index contributed by atoms with van der Waals surface area (Å²) in [6, 6.07) is 28.2. The Labute approximate surface area is 307 Å². The quantitative estimate of drug-likeness (QED) is 0.0544. The second-order valence-corrected chi connectivity index (χ2v) is 14.3. The summed E-state index contributed by atoms with van der Waals surface area (Å²) in [6.07, 6.45) is 1.61. The maximum absolute atomic E-state index is 13.5. The number of ether oxygens (including phenoxy) is 1. The van der Waals surface area contributed by atoms with Crippen LogP contribution in [0.15, 0.2) is 113 Å². The van der Waals surface area contributed by atoms with Crippen molar-refractivity contribution < 1.29 is 28.7 Å². The lowest BCUT2D eigenvalue weighted by Crippen LogP contribution is -2.30. The highest BCUT2D eigenvalue weighted by Crippen LogP contribution is 2.35. The van der Waals surface area contributed by atoms with Crippen molar-refractivity contribution in [2.75, 3.05) is 22.6 Å². The number of anilines is 3. The first-order valence-electron chi connectivity index (χ1n) is 15.8. The van der Waals surface area contributed by atoms with Gasteiger partial charge < -0.3 is 26.0 Å². The van der Waals surface area contributed by atoms with E-state index in [9.17, 15) is 24.0 Å². The highest BCUT2D eigenvalue weighted by molar-refractivity contribution is 8.00. The van der Waals surface area contributed by atoms with Gasteiger partial charge >= 0.3 is 5.97 Å². The smallest absolute Gasteiger partial charge is 0.341 e. The average Bonchev–Trinajstić information content (AvgIpc) is 3.76. The number of amides is 4. The van der Waals surface area contributed by atoms with Gasteiger partial charge in [-0.3, -0.25) is 19.2 Å². The summed E-state index contributed by atoms with van der Waals surface area (Å²) in [6.45, 7) is 5.15.